The van der Waals surface area contributed by atoms with E-state index < -0.39 is 7.80 Å². The molecule has 0 radical (unpaired) electrons. The highest BCUT2D eigenvalue weighted by Crippen LogP contribution is 2.29. The van der Waals surface area contributed by atoms with Crippen molar-refractivity contribution >= 4 is 19.1 Å². The topological polar surface area (TPSA) is 52.6 Å². The molecule has 0 saturated heterocycles. The van der Waals surface area contributed by atoms with Gasteiger partial charge in [-0.25, -0.2) is 0 Å². The van der Waals surface area contributed by atoms with E-state index in [9.17, 15) is 9.36 Å². The molecule has 0 spiro atoms. The van der Waals surface area contributed by atoms with Crippen LogP contribution in [-0.4, -0.2) is 25.3 Å². The Morgan fingerprint density at radius 1 is 1.00 bits per heavy atom. The highest BCUT2D eigenvalue weighted by atomic mass is 31.1. The summed E-state index contributed by atoms with van der Waals surface area (Å²) in [5.74, 6) is 1.04. The monoisotopic (exact) mass is 367 g/mol. The second-order valence-corrected chi connectivity index (χ2v) is 8.91. The minimum Gasteiger partial charge on any atom is -0.489 e. The van der Waals surface area contributed by atoms with Crippen LogP contribution in [0, 0.1) is 17.8 Å². The zero-order valence-electron chi connectivity index (χ0n) is 16.2. The quantitative estimate of drug-likeness (QED) is 0.417. The number of hydrogen-bond acceptors (Lipinski definition) is 4. The van der Waals surface area contributed by atoms with E-state index in [2.05, 4.69) is 27.7 Å². The van der Waals surface area contributed by atoms with Crippen molar-refractivity contribution in [1.82, 2.24) is 0 Å². The van der Waals surface area contributed by atoms with Gasteiger partial charge in [-0.05, 0) is 43.7 Å². The summed E-state index contributed by atoms with van der Waals surface area (Å²) in [5, 5.41) is 0.683. The third kappa shape index (κ3) is 8.49. The molecule has 1 aromatic rings. The van der Waals surface area contributed by atoms with Gasteiger partial charge in [-0.15, -0.1) is 0 Å². The van der Waals surface area contributed by atoms with Crippen LogP contribution in [0.3, 0.4) is 0 Å². The van der Waals surface area contributed by atoms with Gasteiger partial charge in [0.15, 0.2) is 11.9 Å². The van der Waals surface area contributed by atoms with E-state index in [1.807, 2.05) is 24.3 Å². The highest BCUT2D eigenvalue weighted by Gasteiger charge is 2.31. The summed E-state index contributed by atoms with van der Waals surface area (Å²) in [6, 6.07) is 7.39. The van der Waals surface area contributed by atoms with Crippen molar-refractivity contribution in [3.05, 3.63) is 24.3 Å². The summed E-state index contributed by atoms with van der Waals surface area (Å²) in [5.41, 5.74) is 0. The molecule has 2 atom stereocenters. The predicted molar refractivity (Wildman–Crippen MR) is 103 cm³/mol. The van der Waals surface area contributed by atoms with Crippen LogP contribution in [0.4, 0.5) is 0 Å². The third-order valence-electron chi connectivity index (χ3n) is 3.87. The van der Waals surface area contributed by atoms with Crippen molar-refractivity contribution in [1.29, 1.82) is 0 Å². The van der Waals surface area contributed by atoms with E-state index in [1.54, 1.807) is 6.92 Å². The van der Waals surface area contributed by atoms with Gasteiger partial charge in [0.1, 0.15) is 0 Å². The maximum Gasteiger partial charge on any atom is 0.381 e. The first-order valence-electron chi connectivity index (χ1n) is 9.14. The zero-order valence-corrected chi connectivity index (χ0v) is 17.1. The van der Waals surface area contributed by atoms with Crippen molar-refractivity contribution in [3.63, 3.8) is 0 Å². The molecule has 0 aliphatic rings. The van der Waals surface area contributed by atoms with Crippen LogP contribution in [0.15, 0.2) is 24.3 Å². The molecule has 0 saturated carbocycles. The Hall–Kier alpha value is -1.41. The lowest BCUT2D eigenvalue weighted by atomic mass is 10.1. The Morgan fingerprint density at radius 2 is 1.60 bits per heavy atom. The van der Waals surface area contributed by atoms with E-state index in [1.165, 1.54) is 0 Å². The zero-order chi connectivity index (χ0) is 18.8. The molecule has 1 aromatic carbocycles. The standard InChI is InChI=1S/C20H32O4P/c1-15(2)10-12-23-18-8-6-7-9-19(18)25(22)14-17(5)20(21)24-13-11-16(3)4/h6-9,15-17H,10-14H2,1-5H3/q+1. The van der Waals surface area contributed by atoms with Crippen LogP contribution in [0.2, 0.25) is 0 Å². The first kappa shape index (κ1) is 21.6. The highest BCUT2D eigenvalue weighted by molar-refractivity contribution is 7.53. The Bertz CT molecular complexity index is 554. The SMILES string of the molecule is CC(C)CCOC(=O)C(C)C[P+](=O)c1ccccc1OCCC(C)C. The van der Waals surface area contributed by atoms with Crippen LogP contribution in [-0.2, 0) is 14.1 Å². The normalized spacial score (nSPS) is 13.0. The fourth-order valence-electron chi connectivity index (χ4n) is 2.15. The van der Waals surface area contributed by atoms with Gasteiger partial charge in [-0.2, -0.15) is 0 Å². The predicted octanol–water partition coefficient (Wildman–Crippen LogP) is 4.79. The summed E-state index contributed by atoms with van der Waals surface area (Å²) in [7, 11) is -1.70. The molecular weight excluding hydrogens is 335 g/mol. The molecule has 1 rings (SSSR count). The van der Waals surface area contributed by atoms with Crippen molar-refractivity contribution < 1.29 is 18.8 Å². The van der Waals surface area contributed by atoms with Crippen LogP contribution in [0.25, 0.3) is 0 Å². The minimum absolute atomic E-state index is 0.276. The minimum atomic E-state index is -1.70. The van der Waals surface area contributed by atoms with Gasteiger partial charge >= 0.3 is 13.8 Å². The Balaban J connectivity index is 2.59. The van der Waals surface area contributed by atoms with Gasteiger partial charge in [-0.1, -0.05) is 44.4 Å². The number of rotatable bonds is 11. The number of carbonyl (C=O) groups is 1. The second-order valence-electron chi connectivity index (χ2n) is 7.31. The van der Waals surface area contributed by atoms with Gasteiger partial charge in [0, 0.05) is 0 Å². The van der Waals surface area contributed by atoms with Crippen LogP contribution >= 0.6 is 7.80 Å². The molecule has 0 aliphatic heterocycles. The first-order valence-corrected chi connectivity index (χ1v) is 10.6. The van der Waals surface area contributed by atoms with Crippen LogP contribution < -0.4 is 10.0 Å². The molecule has 0 heterocycles. The van der Waals surface area contributed by atoms with Crippen molar-refractivity contribution in [2.24, 2.45) is 17.8 Å². The Kier molecular flexibility index (Phi) is 9.74. The molecule has 2 unspecified atom stereocenters. The molecule has 0 aliphatic carbocycles. The van der Waals surface area contributed by atoms with E-state index in [0.717, 1.165) is 12.8 Å². The molecule has 4 nitrogen and oxygen atoms in total. The molecule has 0 amide bonds. The van der Waals surface area contributed by atoms with E-state index in [0.29, 0.717) is 36.1 Å². The maximum absolute atomic E-state index is 12.7. The van der Waals surface area contributed by atoms with Crippen molar-refractivity contribution in [3.8, 4) is 5.75 Å². The first-order chi connectivity index (χ1) is 11.8. The molecule has 140 valence electrons. The number of para-hydroxylation sites is 1. The summed E-state index contributed by atoms with van der Waals surface area (Å²) in [6.07, 6.45) is 2.07. The average Bonchev–Trinajstić information content (AvgIpc) is 2.54. The molecule has 0 N–H and O–H groups in total. The lowest BCUT2D eigenvalue weighted by Gasteiger charge is -2.10. The van der Waals surface area contributed by atoms with Crippen molar-refractivity contribution in [2.45, 2.75) is 47.5 Å². The Morgan fingerprint density at radius 3 is 2.24 bits per heavy atom. The maximum atomic E-state index is 12.7. The summed E-state index contributed by atoms with van der Waals surface area (Å²) >= 11 is 0. The summed E-state index contributed by atoms with van der Waals surface area (Å²) < 4.78 is 23.8. The molecule has 5 heteroatoms. The summed E-state index contributed by atoms with van der Waals surface area (Å²) in [6.45, 7) is 11.3. The number of hydrogen-bond donors (Lipinski definition) is 0. The number of carbonyl (C=O) groups excluding carboxylic acids is 1. The van der Waals surface area contributed by atoms with E-state index >= 15 is 0 Å². The second kappa shape index (κ2) is 11.3. The number of benzene rings is 1. The number of ether oxygens (including phenoxy) is 2. The van der Waals surface area contributed by atoms with Crippen molar-refractivity contribution in [2.75, 3.05) is 19.4 Å². The van der Waals surface area contributed by atoms with Gasteiger partial charge in [0.25, 0.3) is 0 Å². The lowest BCUT2D eigenvalue weighted by molar-refractivity contribution is -0.147. The third-order valence-corrected chi connectivity index (χ3v) is 5.65. The fourth-order valence-corrected chi connectivity index (χ4v) is 3.63. The molecule has 25 heavy (non-hydrogen) atoms. The Labute approximate surface area is 153 Å². The van der Waals surface area contributed by atoms with Gasteiger partial charge in [0.05, 0.1) is 19.1 Å². The van der Waals surface area contributed by atoms with Crippen LogP contribution in [0.5, 0.6) is 5.75 Å². The number of esters is 1. The van der Waals surface area contributed by atoms with Gasteiger partial charge in [0.2, 0.25) is 5.30 Å². The molecule has 0 bridgehead atoms. The molecular formula is C20H32O4P+. The van der Waals surface area contributed by atoms with E-state index in [4.69, 9.17) is 9.47 Å². The lowest BCUT2D eigenvalue weighted by Crippen LogP contribution is -2.20. The van der Waals surface area contributed by atoms with E-state index in [-0.39, 0.29) is 18.0 Å². The molecule has 0 aromatic heterocycles. The fraction of sp³-hybridized carbons (Fsp3) is 0.650. The average molecular weight is 367 g/mol. The summed E-state index contributed by atoms with van der Waals surface area (Å²) in [4.78, 5) is 12.0. The molecule has 0 fully saturated rings. The smallest absolute Gasteiger partial charge is 0.381 e. The van der Waals surface area contributed by atoms with Gasteiger partial charge < -0.3 is 9.47 Å². The van der Waals surface area contributed by atoms with Gasteiger partial charge in [-0.3, -0.25) is 4.79 Å². The largest absolute Gasteiger partial charge is 0.489 e. The van der Waals surface area contributed by atoms with Crippen LogP contribution in [0.1, 0.15) is 47.5 Å².